The Morgan fingerprint density at radius 1 is 1.12 bits per heavy atom. The molecule has 1 N–H and O–H groups in total. The van der Waals surface area contributed by atoms with Crippen molar-refractivity contribution in [3.05, 3.63) is 58.1 Å². The van der Waals surface area contributed by atoms with Crippen molar-refractivity contribution in [3.63, 3.8) is 0 Å². The molecule has 0 radical (unpaired) electrons. The first kappa shape index (κ1) is 18.1. The topological polar surface area (TPSA) is 47.6 Å². The number of amides is 1. The molecule has 0 aromatic heterocycles. The largest absolute Gasteiger partial charge is 0.497 e. The zero-order valence-electron chi connectivity index (χ0n) is 14.1. The van der Waals surface area contributed by atoms with Crippen LogP contribution in [0.4, 0.5) is 5.69 Å². The second-order valence-electron chi connectivity index (χ2n) is 5.37. The fourth-order valence-corrected chi connectivity index (χ4v) is 2.88. The molecule has 0 heterocycles. The van der Waals surface area contributed by atoms with Crippen LogP contribution in [0.25, 0.3) is 5.57 Å². The molecule has 0 aliphatic heterocycles. The first-order valence-electron chi connectivity index (χ1n) is 7.42. The molecule has 2 rings (SSSR count). The normalized spacial score (nSPS) is 11.1. The number of hydrogen-bond acceptors (Lipinski definition) is 3. The number of rotatable bonds is 5. The highest BCUT2D eigenvalue weighted by Gasteiger charge is 2.09. The average Bonchev–Trinajstić information content (AvgIpc) is 2.56. The zero-order valence-corrected chi connectivity index (χ0v) is 15.7. The van der Waals surface area contributed by atoms with Crippen molar-refractivity contribution in [2.75, 3.05) is 19.5 Å². The van der Waals surface area contributed by atoms with E-state index in [9.17, 15) is 4.79 Å². The van der Waals surface area contributed by atoms with Crippen LogP contribution >= 0.6 is 15.9 Å². The summed E-state index contributed by atoms with van der Waals surface area (Å²) in [6.45, 7) is 3.87. The van der Waals surface area contributed by atoms with E-state index in [0.29, 0.717) is 11.5 Å². The van der Waals surface area contributed by atoms with Gasteiger partial charge in [-0.15, -0.1) is 0 Å². The zero-order chi connectivity index (χ0) is 17.7. The summed E-state index contributed by atoms with van der Waals surface area (Å²) in [7, 11) is 3.19. The van der Waals surface area contributed by atoms with Gasteiger partial charge in [-0.25, -0.2) is 0 Å². The average molecular weight is 390 g/mol. The van der Waals surface area contributed by atoms with E-state index in [0.717, 1.165) is 26.9 Å². The predicted molar refractivity (Wildman–Crippen MR) is 101 cm³/mol. The van der Waals surface area contributed by atoms with Gasteiger partial charge in [0.1, 0.15) is 11.5 Å². The van der Waals surface area contributed by atoms with Gasteiger partial charge in [0.05, 0.1) is 19.9 Å². The number of benzene rings is 2. The SMILES string of the molecule is COc1ccc(/C(C)=C/C(=O)Nc2ccc(C)cc2Br)c(OC)c1. The van der Waals surface area contributed by atoms with E-state index in [-0.39, 0.29) is 5.91 Å². The molecule has 0 aliphatic rings. The van der Waals surface area contributed by atoms with Gasteiger partial charge in [-0.05, 0) is 65.2 Å². The molecule has 0 saturated heterocycles. The smallest absolute Gasteiger partial charge is 0.248 e. The van der Waals surface area contributed by atoms with Gasteiger partial charge in [-0.2, -0.15) is 0 Å². The number of halogens is 1. The molecular formula is C19H20BrNO3. The molecule has 0 fully saturated rings. The van der Waals surface area contributed by atoms with Crippen molar-refractivity contribution < 1.29 is 14.3 Å². The Labute approximate surface area is 150 Å². The molecule has 24 heavy (non-hydrogen) atoms. The number of nitrogens with one attached hydrogen (secondary N) is 1. The van der Waals surface area contributed by atoms with Gasteiger partial charge in [0.15, 0.2) is 0 Å². The fraction of sp³-hybridized carbons (Fsp3) is 0.211. The summed E-state index contributed by atoms with van der Waals surface area (Å²) in [5, 5.41) is 2.87. The van der Waals surface area contributed by atoms with Crippen molar-refractivity contribution in [3.8, 4) is 11.5 Å². The highest BCUT2D eigenvalue weighted by Crippen LogP contribution is 2.30. The number of aryl methyl sites for hydroxylation is 1. The maximum Gasteiger partial charge on any atom is 0.248 e. The minimum atomic E-state index is -0.199. The Bertz CT molecular complexity index is 784. The number of hydrogen-bond donors (Lipinski definition) is 1. The van der Waals surface area contributed by atoms with Crippen LogP contribution in [0.2, 0.25) is 0 Å². The summed E-state index contributed by atoms with van der Waals surface area (Å²) < 4.78 is 11.4. The van der Waals surface area contributed by atoms with Crippen LogP contribution in [0.15, 0.2) is 46.9 Å². The van der Waals surface area contributed by atoms with Crippen molar-refractivity contribution in [2.24, 2.45) is 0 Å². The van der Waals surface area contributed by atoms with Gasteiger partial charge in [-0.1, -0.05) is 6.07 Å². The highest BCUT2D eigenvalue weighted by atomic mass is 79.9. The van der Waals surface area contributed by atoms with Crippen molar-refractivity contribution in [2.45, 2.75) is 13.8 Å². The summed E-state index contributed by atoms with van der Waals surface area (Å²) in [5.74, 6) is 1.17. The number of allylic oxidation sites excluding steroid dienone is 1. The summed E-state index contributed by atoms with van der Waals surface area (Å²) >= 11 is 3.46. The van der Waals surface area contributed by atoms with Gasteiger partial charge >= 0.3 is 0 Å². The third-order valence-corrected chi connectivity index (χ3v) is 4.22. The number of methoxy groups -OCH3 is 2. The first-order chi connectivity index (χ1) is 11.4. The summed E-state index contributed by atoms with van der Waals surface area (Å²) in [5.41, 5.74) is 3.50. The lowest BCUT2D eigenvalue weighted by molar-refractivity contribution is -0.111. The van der Waals surface area contributed by atoms with E-state index in [4.69, 9.17) is 9.47 Å². The van der Waals surface area contributed by atoms with Crippen molar-refractivity contribution >= 4 is 33.1 Å². The molecule has 0 spiro atoms. The van der Waals surface area contributed by atoms with Gasteiger partial charge in [0.25, 0.3) is 0 Å². The predicted octanol–water partition coefficient (Wildman–Crippen LogP) is 4.82. The van der Waals surface area contributed by atoms with Crippen LogP contribution < -0.4 is 14.8 Å². The molecule has 0 atom stereocenters. The lowest BCUT2D eigenvalue weighted by atomic mass is 10.1. The molecule has 2 aromatic rings. The molecule has 2 aromatic carbocycles. The highest BCUT2D eigenvalue weighted by molar-refractivity contribution is 9.10. The van der Waals surface area contributed by atoms with Crippen LogP contribution in [0.3, 0.4) is 0 Å². The van der Waals surface area contributed by atoms with E-state index in [1.54, 1.807) is 26.4 Å². The Balaban J connectivity index is 2.22. The molecule has 0 bridgehead atoms. The Morgan fingerprint density at radius 2 is 1.88 bits per heavy atom. The Hall–Kier alpha value is -2.27. The first-order valence-corrected chi connectivity index (χ1v) is 8.21. The van der Waals surface area contributed by atoms with Gasteiger partial charge in [-0.3, -0.25) is 4.79 Å². The molecule has 0 saturated carbocycles. The Kier molecular flexibility index (Phi) is 6.04. The second-order valence-corrected chi connectivity index (χ2v) is 6.22. The molecule has 5 heteroatoms. The molecule has 4 nitrogen and oxygen atoms in total. The van der Waals surface area contributed by atoms with Gasteiger partial charge in [0, 0.05) is 22.2 Å². The minimum absolute atomic E-state index is 0.199. The molecular weight excluding hydrogens is 370 g/mol. The van der Waals surface area contributed by atoms with E-state index in [1.165, 1.54) is 0 Å². The minimum Gasteiger partial charge on any atom is -0.497 e. The summed E-state index contributed by atoms with van der Waals surface area (Å²) in [4.78, 5) is 12.3. The maximum absolute atomic E-state index is 12.3. The summed E-state index contributed by atoms with van der Waals surface area (Å²) in [6.07, 6.45) is 1.55. The van der Waals surface area contributed by atoms with E-state index < -0.39 is 0 Å². The third-order valence-electron chi connectivity index (χ3n) is 3.56. The van der Waals surface area contributed by atoms with E-state index >= 15 is 0 Å². The van der Waals surface area contributed by atoms with Crippen LogP contribution in [0, 0.1) is 6.92 Å². The quantitative estimate of drug-likeness (QED) is 0.745. The molecule has 1 amide bonds. The van der Waals surface area contributed by atoms with E-state index in [1.807, 2.05) is 44.2 Å². The standard InChI is InChI=1S/C19H20BrNO3/c1-12-5-8-17(16(20)9-12)21-19(22)10-13(2)15-7-6-14(23-3)11-18(15)24-4/h5-11H,1-4H3,(H,21,22)/b13-10+. The monoisotopic (exact) mass is 389 g/mol. The van der Waals surface area contributed by atoms with Gasteiger partial charge in [0.2, 0.25) is 5.91 Å². The maximum atomic E-state index is 12.3. The number of carbonyl (C=O) groups is 1. The van der Waals surface area contributed by atoms with Crippen LogP contribution in [-0.2, 0) is 4.79 Å². The summed E-state index contributed by atoms with van der Waals surface area (Å²) in [6, 6.07) is 11.3. The van der Waals surface area contributed by atoms with E-state index in [2.05, 4.69) is 21.2 Å². The number of carbonyl (C=O) groups excluding carboxylic acids is 1. The number of anilines is 1. The molecule has 0 unspecified atom stereocenters. The van der Waals surface area contributed by atoms with Gasteiger partial charge < -0.3 is 14.8 Å². The number of ether oxygens (including phenoxy) is 2. The lowest BCUT2D eigenvalue weighted by Crippen LogP contribution is -2.09. The molecule has 0 aliphatic carbocycles. The Morgan fingerprint density at radius 3 is 2.50 bits per heavy atom. The van der Waals surface area contributed by atoms with Crippen LogP contribution in [0.1, 0.15) is 18.1 Å². The van der Waals surface area contributed by atoms with Crippen LogP contribution in [0.5, 0.6) is 11.5 Å². The fourth-order valence-electron chi connectivity index (χ4n) is 2.29. The lowest BCUT2D eigenvalue weighted by Gasteiger charge is -2.11. The second kappa shape index (κ2) is 8.02. The van der Waals surface area contributed by atoms with Crippen LogP contribution in [-0.4, -0.2) is 20.1 Å². The third kappa shape index (κ3) is 4.38. The molecule has 126 valence electrons. The van der Waals surface area contributed by atoms with Crippen molar-refractivity contribution in [1.82, 2.24) is 0 Å². The van der Waals surface area contributed by atoms with Crippen molar-refractivity contribution in [1.29, 1.82) is 0 Å².